The number of aromatic nitrogens is 1. The number of carbonyl (C=O) groups is 1. The summed E-state index contributed by atoms with van der Waals surface area (Å²) in [4.78, 5) is 14.9. The predicted molar refractivity (Wildman–Crippen MR) is 57.4 cm³/mol. The number of carboxylic acids is 1. The Labute approximate surface area is 93.1 Å². The van der Waals surface area contributed by atoms with Gasteiger partial charge in [0.1, 0.15) is 0 Å². The smallest absolute Gasteiger partial charge is 0.354 e. The summed E-state index contributed by atoms with van der Waals surface area (Å²) in [6.45, 7) is 0. The molecule has 80 valence electrons. The Bertz CT molecular complexity index is 386. The van der Waals surface area contributed by atoms with Gasteiger partial charge in [0.15, 0.2) is 5.69 Å². The van der Waals surface area contributed by atoms with Gasteiger partial charge in [-0.1, -0.05) is 24.4 Å². The van der Waals surface area contributed by atoms with Crippen LogP contribution in [-0.4, -0.2) is 16.1 Å². The number of aromatic carboxylic acids is 1. The standard InChI is InChI=1S/C11H12ClNO2/c12-8-5-9(7-3-1-2-4-7)10(11(14)15)13-6-8/h5-7H,1-4H2,(H,14,15). The van der Waals surface area contributed by atoms with Gasteiger partial charge in [0, 0.05) is 6.20 Å². The van der Waals surface area contributed by atoms with Crippen LogP contribution in [-0.2, 0) is 0 Å². The fourth-order valence-corrected chi connectivity index (χ4v) is 2.35. The van der Waals surface area contributed by atoms with Crippen LogP contribution in [0.3, 0.4) is 0 Å². The molecule has 2 rings (SSSR count). The lowest BCUT2D eigenvalue weighted by molar-refractivity contribution is 0.0688. The maximum atomic E-state index is 11.0. The van der Waals surface area contributed by atoms with Gasteiger partial charge in [0.2, 0.25) is 0 Å². The average molecular weight is 226 g/mol. The summed E-state index contributed by atoms with van der Waals surface area (Å²) in [5.74, 6) is -0.643. The first-order chi connectivity index (χ1) is 7.18. The van der Waals surface area contributed by atoms with Crippen LogP contribution in [0.2, 0.25) is 5.02 Å². The second-order valence-electron chi connectivity index (χ2n) is 3.88. The Balaban J connectivity index is 2.41. The van der Waals surface area contributed by atoms with Crippen LogP contribution in [0, 0.1) is 0 Å². The van der Waals surface area contributed by atoms with Crippen molar-refractivity contribution < 1.29 is 9.90 Å². The van der Waals surface area contributed by atoms with Crippen molar-refractivity contribution in [2.24, 2.45) is 0 Å². The maximum Gasteiger partial charge on any atom is 0.354 e. The van der Waals surface area contributed by atoms with Gasteiger partial charge in [0.25, 0.3) is 0 Å². The Morgan fingerprint density at radius 2 is 2.13 bits per heavy atom. The lowest BCUT2D eigenvalue weighted by Crippen LogP contribution is -2.08. The number of halogens is 1. The molecule has 1 aliphatic rings. The van der Waals surface area contributed by atoms with Crippen molar-refractivity contribution in [2.75, 3.05) is 0 Å². The van der Waals surface area contributed by atoms with E-state index < -0.39 is 5.97 Å². The van der Waals surface area contributed by atoms with Crippen molar-refractivity contribution in [1.82, 2.24) is 4.98 Å². The molecule has 0 radical (unpaired) electrons. The number of carboxylic acid groups (broad SMARTS) is 1. The fourth-order valence-electron chi connectivity index (χ4n) is 2.18. The van der Waals surface area contributed by atoms with Gasteiger partial charge in [-0.3, -0.25) is 0 Å². The zero-order valence-corrected chi connectivity index (χ0v) is 9.00. The highest BCUT2D eigenvalue weighted by Crippen LogP contribution is 2.36. The van der Waals surface area contributed by atoms with E-state index in [9.17, 15) is 4.79 Å². The van der Waals surface area contributed by atoms with E-state index in [0.29, 0.717) is 10.9 Å². The molecule has 1 N–H and O–H groups in total. The minimum absolute atomic E-state index is 0.159. The van der Waals surface area contributed by atoms with E-state index in [1.807, 2.05) is 0 Å². The maximum absolute atomic E-state index is 11.0. The van der Waals surface area contributed by atoms with Crippen LogP contribution in [0.1, 0.15) is 47.7 Å². The third kappa shape index (κ3) is 2.12. The highest BCUT2D eigenvalue weighted by molar-refractivity contribution is 6.30. The van der Waals surface area contributed by atoms with Gasteiger partial charge in [0.05, 0.1) is 5.02 Å². The molecule has 0 unspecified atom stereocenters. The molecule has 0 spiro atoms. The SMILES string of the molecule is O=C(O)c1ncc(Cl)cc1C1CCCC1. The predicted octanol–water partition coefficient (Wildman–Crippen LogP) is 3.09. The Kier molecular flexibility index (Phi) is 2.91. The summed E-state index contributed by atoms with van der Waals surface area (Å²) >= 11 is 5.84. The van der Waals surface area contributed by atoms with Crippen LogP contribution < -0.4 is 0 Å². The molecule has 3 nitrogen and oxygen atoms in total. The second kappa shape index (κ2) is 4.19. The lowest BCUT2D eigenvalue weighted by atomic mass is 9.96. The van der Waals surface area contributed by atoms with Gasteiger partial charge in [-0.2, -0.15) is 0 Å². The Morgan fingerprint density at radius 3 is 2.73 bits per heavy atom. The first-order valence-electron chi connectivity index (χ1n) is 5.07. The van der Waals surface area contributed by atoms with Crippen LogP contribution >= 0.6 is 11.6 Å². The molecule has 0 bridgehead atoms. The normalized spacial score (nSPS) is 16.9. The van der Waals surface area contributed by atoms with Gasteiger partial charge < -0.3 is 5.11 Å². The summed E-state index contributed by atoms with van der Waals surface area (Å²) in [5.41, 5.74) is 0.957. The van der Waals surface area contributed by atoms with Crippen molar-refractivity contribution in [3.8, 4) is 0 Å². The summed E-state index contributed by atoms with van der Waals surface area (Å²) in [5, 5.41) is 9.53. The summed E-state index contributed by atoms with van der Waals surface area (Å²) in [6.07, 6.45) is 5.81. The molecule has 1 aromatic rings. The van der Waals surface area contributed by atoms with Crippen molar-refractivity contribution in [1.29, 1.82) is 0 Å². The van der Waals surface area contributed by atoms with Crippen molar-refractivity contribution >= 4 is 17.6 Å². The van der Waals surface area contributed by atoms with Gasteiger partial charge >= 0.3 is 5.97 Å². The van der Waals surface area contributed by atoms with E-state index in [2.05, 4.69) is 4.98 Å². The molecule has 1 heterocycles. The number of hydrogen-bond acceptors (Lipinski definition) is 2. The molecule has 1 aliphatic carbocycles. The molecular formula is C11H12ClNO2. The monoisotopic (exact) mass is 225 g/mol. The molecule has 0 aromatic carbocycles. The van der Waals surface area contributed by atoms with E-state index in [4.69, 9.17) is 16.7 Å². The first-order valence-corrected chi connectivity index (χ1v) is 5.45. The molecule has 1 saturated carbocycles. The molecule has 1 fully saturated rings. The molecule has 0 atom stereocenters. The fraction of sp³-hybridized carbons (Fsp3) is 0.455. The van der Waals surface area contributed by atoms with Crippen molar-refractivity contribution in [3.05, 3.63) is 28.5 Å². The minimum Gasteiger partial charge on any atom is -0.477 e. The van der Waals surface area contributed by atoms with Crippen molar-refractivity contribution in [3.63, 3.8) is 0 Å². The van der Waals surface area contributed by atoms with E-state index in [-0.39, 0.29) is 5.69 Å². The second-order valence-corrected chi connectivity index (χ2v) is 4.31. The Hall–Kier alpha value is -1.09. The molecule has 0 amide bonds. The topological polar surface area (TPSA) is 50.2 Å². The molecule has 1 aromatic heterocycles. The van der Waals surface area contributed by atoms with E-state index in [1.165, 1.54) is 6.20 Å². The summed E-state index contributed by atoms with van der Waals surface area (Å²) < 4.78 is 0. The molecule has 15 heavy (non-hydrogen) atoms. The third-order valence-corrected chi connectivity index (χ3v) is 3.09. The van der Waals surface area contributed by atoms with Crippen LogP contribution in [0.25, 0.3) is 0 Å². The largest absolute Gasteiger partial charge is 0.477 e. The molecule has 4 heteroatoms. The summed E-state index contributed by atoms with van der Waals surface area (Å²) in [7, 11) is 0. The minimum atomic E-state index is -0.964. The molecule has 0 aliphatic heterocycles. The van der Waals surface area contributed by atoms with E-state index >= 15 is 0 Å². The van der Waals surface area contributed by atoms with Crippen LogP contribution in [0.5, 0.6) is 0 Å². The zero-order valence-electron chi connectivity index (χ0n) is 8.24. The van der Waals surface area contributed by atoms with Crippen LogP contribution in [0.4, 0.5) is 0 Å². The highest BCUT2D eigenvalue weighted by atomic mass is 35.5. The van der Waals surface area contributed by atoms with Gasteiger partial charge in [-0.25, -0.2) is 9.78 Å². The number of pyridine rings is 1. The van der Waals surface area contributed by atoms with E-state index in [0.717, 1.165) is 31.2 Å². The number of rotatable bonds is 2. The number of hydrogen-bond donors (Lipinski definition) is 1. The summed E-state index contributed by atoms with van der Waals surface area (Å²) in [6, 6.07) is 1.74. The zero-order chi connectivity index (χ0) is 10.8. The molecular weight excluding hydrogens is 214 g/mol. The first kappa shape index (κ1) is 10.4. The average Bonchev–Trinajstić information content (AvgIpc) is 2.69. The quantitative estimate of drug-likeness (QED) is 0.842. The lowest BCUT2D eigenvalue weighted by Gasteiger charge is -2.11. The highest BCUT2D eigenvalue weighted by Gasteiger charge is 2.23. The van der Waals surface area contributed by atoms with Gasteiger partial charge in [-0.05, 0) is 30.4 Å². The van der Waals surface area contributed by atoms with Crippen LogP contribution in [0.15, 0.2) is 12.3 Å². The van der Waals surface area contributed by atoms with E-state index in [1.54, 1.807) is 6.07 Å². The van der Waals surface area contributed by atoms with Crippen molar-refractivity contribution in [2.45, 2.75) is 31.6 Å². The number of nitrogens with zero attached hydrogens (tertiary/aromatic N) is 1. The molecule has 0 saturated heterocycles. The van der Waals surface area contributed by atoms with Gasteiger partial charge in [-0.15, -0.1) is 0 Å². The Morgan fingerprint density at radius 1 is 1.47 bits per heavy atom. The third-order valence-electron chi connectivity index (χ3n) is 2.88.